The van der Waals surface area contributed by atoms with Crippen LogP contribution in [0.15, 0.2) is 36.5 Å². The van der Waals surface area contributed by atoms with Crippen LogP contribution in [0.4, 0.5) is 0 Å². The summed E-state index contributed by atoms with van der Waals surface area (Å²) in [6.45, 7) is 11.6. The molecule has 0 N–H and O–H groups in total. The normalized spacial score (nSPS) is 17.5. The molecule has 1 aliphatic heterocycles. The lowest BCUT2D eigenvalue weighted by atomic mass is 9.60. The largest absolute Gasteiger partial charge is 0.497 e. The van der Waals surface area contributed by atoms with Crippen LogP contribution in [-0.2, 0) is 10.8 Å². The zero-order valence-electron chi connectivity index (χ0n) is 16.3. The average Bonchev–Trinajstić information content (AvgIpc) is 3.06. The van der Waals surface area contributed by atoms with Crippen LogP contribution in [0.3, 0.4) is 0 Å². The molecule has 3 heteroatoms. The fourth-order valence-corrected chi connectivity index (χ4v) is 4.69. The predicted octanol–water partition coefficient (Wildman–Crippen LogP) is 5.53. The van der Waals surface area contributed by atoms with Gasteiger partial charge in [0.25, 0.3) is 0 Å². The van der Waals surface area contributed by atoms with E-state index in [-0.39, 0.29) is 10.8 Å². The van der Waals surface area contributed by atoms with Crippen molar-refractivity contribution in [2.24, 2.45) is 0 Å². The van der Waals surface area contributed by atoms with Gasteiger partial charge in [-0.15, -0.1) is 0 Å². The van der Waals surface area contributed by atoms with E-state index in [0.717, 1.165) is 16.8 Å². The van der Waals surface area contributed by atoms with E-state index in [1.54, 1.807) is 7.11 Å². The van der Waals surface area contributed by atoms with Gasteiger partial charge in [0.15, 0.2) is 0 Å². The van der Waals surface area contributed by atoms with Gasteiger partial charge >= 0.3 is 0 Å². The SMILES string of the molecule is COc1ccc2c(c1)c1ncc3n1c1c(ccc(C)c21)C(C)(C)C3(C)C. The number of imidazole rings is 1. The Morgan fingerprint density at radius 3 is 2.46 bits per heavy atom. The fourth-order valence-electron chi connectivity index (χ4n) is 4.69. The monoisotopic (exact) mass is 344 g/mol. The van der Waals surface area contributed by atoms with Crippen molar-refractivity contribution in [2.45, 2.75) is 45.4 Å². The minimum atomic E-state index is -0.0197. The van der Waals surface area contributed by atoms with E-state index in [1.807, 2.05) is 0 Å². The van der Waals surface area contributed by atoms with Gasteiger partial charge in [-0.1, -0.05) is 39.8 Å². The van der Waals surface area contributed by atoms with Gasteiger partial charge in [-0.3, -0.25) is 4.40 Å². The topological polar surface area (TPSA) is 26.5 Å². The minimum Gasteiger partial charge on any atom is -0.497 e. The van der Waals surface area contributed by atoms with Crippen LogP contribution in [-0.4, -0.2) is 16.5 Å². The average molecular weight is 344 g/mol. The van der Waals surface area contributed by atoms with Crippen molar-refractivity contribution in [1.82, 2.24) is 9.38 Å². The van der Waals surface area contributed by atoms with E-state index in [9.17, 15) is 0 Å². The van der Waals surface area contributed by atoms with Crippen LogP contribution in [0.25, 0.3) is 27.3 Å². The third-order valence-electron chi connectivity index (χ3n) is 6.98. The number of rotatable bonds is 1. The van der Waals surface area contributed by atoms with Gasteiger partial charge in [0, 0.05) is 33.5 Å². The number of aryl methyl sites for hydroxylation is 1. The number of hydrogen-bond donors (Lipinski definition) is 0. The highest BCUT2D eigenvalue weighted by Gasteiger charge is 2.46. The maximum Gasteiger partial charge on any atom is 0.145 e. The van der Waals surface area contributed by atoms with E-state index in [2.05, 4.69) is 75.5 Å². The first kappa shape index (κ1) is 15.7. The van der Waals surface area contributed by atoms with E-state index >= 15 is 0 Å². The molecule has 3 nitrogen and oxygen atoms in total. The first-order valence-corrected chi connectivity index (χ1v) is 9.20. The number of benzene rings is 2. The molecule has 4 aromatic rings. The Morgan fingerprint density at radius 2 is 1.73 bits per heavy atom. The molecule has 0 saturated carbocycles. The second-order valence-electron chi connectivity index (χ2n) is 8.62. The highest BCUT2D eigenvalue weighted by atomic mass is 16.5. The van der Waals surface area contributed by atoms with Gasteiger partial charge in [-0.05, 0) is 41.6 Å². The first-order valence-electron chi connectivity index (χ1n) is 9.20. The third-order valence-corrected chi connectivity index (χ3v) is 6.98. The minimum absolute atomic E-state index is 0.0159. The standard InChI is InChI=1S/C23H24N2O/c1-13-7-10-17-20-19(13)15-9-8-14(26-6)11-16(15)21-24-12-18(25(20)21)23(4,5)22(17,2)3/h7-12H,1-6H3. The summed E-state index contributed by atoms with van der Waals surface area (Å²) in [4.78, 5) is 4.87. The van der Waals surface area contributed by atoms with Gasteiger partial charge in [0.05, 0.1) is 12.6 Å². The van der Waals surface area contributed by atoms with E-state index in [1.165, 1.54) is 33.1 Å². The molecule has 2 aromatic carbocycles. The maximum absolute atomic E-state index is 5.50. The number of hydrogen-bond acceptors (Lipinski definition) is 2. The molecule has 132 valence electrons. The number of methoxy groups -OCH3 is 1. The molecule has 0 atom stereocenters. The molecule has 0 saturated heterocycles. The summed E-state index contributed by atoms with van der Waals surface area (Å²) in [5, 5.41) is 3.73. The number of fused-ring (bicyclic) bond motifs is 3. The molecule has 0 amide bonds. The van der Waals surface area contributed by atoms with E-state index in [0.29, 0.717) is 0 Å². The van der Waals surface area contributed by atoms with Gasteiger partial charge in [-0.25, -0.2) is 4.98 Å². The van der Waals surface area contributed by atoms with Crippen molar-refractivity contribution < 1.29 is 4.74 Å². The number of pyridine rings is 1. The van der Waals surface area contributed by atoms with Crippen molar-refractivity contribution >= 4 is 27.3 Å². The Labute approximate surface area is 153 Å². The zero-order chi connectivity index (χ0) is 18.4. The van der Waals surface area contributed by atoms with E-state index in [4.69, 9.17) is 9.72 Å². The lowest BCUT2D eigenvalue weighted by Gasteiger charge is -2.46. The van der Waals surface area contributed by atoms with Crippen molar-refractivity contribution in [3.8, 4) is 5.75 Å². The van der Waals surface area contributed by atoms with Crippen LogP contribution in [0.5, 0.6) is 5.75 Å². The Morgan fingerprint density at radius 1 is 0.962 bits per heavy atom. The molecular weight excluding hydrogens is 320 g/mol. The molecule has 0 aliphatic carbocycles. The summed E-state index contributed by atoms with van der Waals surface area (Å²) in [5.41, 5.74) is 6.32. The smallest absolute Gasteiger partial charge is 0.145 e. The Kier molecular flexibility index (Phi) is 2.77. The predicted molar refractivity (Wildman–Crippen MR) is 108 cm³/mol. The summed E-state index contributed by atoms with van der Waals surface area (Å²) in [5.74, 6) is 0.869. The van der Waals surface area contributed by atoms with Gasteiger partial charge in [0.1, 0.15) is 11.4 Å². The Bertz CT molecular complexity index is 1230. The van der Waals surface area contributed by atoms with Crippen LogP contribution in [0.2, 0.25) is 0 Å². The molecule has 26 heavy (non-hydrogen) atoms. The summed E-state index contributed by atoms with van der Waals surface area (Å²) < 4.78 is 7.89. The Hall–Kier alpha value is -2.55. The quantitative estimate of drug-likeness (QED) is 0.425. The summed E-state index contributed by atoms with van der Waals surface area (Å²) in [7, 11) is 1.72. The molecule has 0 spiro atoms. The van der Waals surface area contributed by atoms with Crippen molar-refractivity contribution in [1.29, 1.82) is 0 Å². The summed E-state index contributed by atoms with van der Waals surface area (Å²) in [6.07, 6.45) is 2.07. The molecule has 0 radical (unpaired) electrons. The highest BCUT2D eigenvalue weighted by molar-refractivity contribution is 6.14. The molecule has 0 fully saturated rings. The second-order valence-corrected chi connectivity index (χ2v) is 8.62. The van der Waals surface area contributed by atoms with Crippen LogP contribution in [0, 0.1) is 6.92 Å². The van der Waals surface area contributed by atoms with Gasteiger partial charge in [0.2, 0.25) is 0 Å². The molecule has 0 bridgehead atoms. The lowest BCUT2D eigenvalue weighted by molar-refractivity contribution is 0.288. The number of ether oxygens (including phenoxy) is 1. The Balaban J connectivity index is 2.17. The maximum atomic E-state index is 5.50. The second kappa shape index (κ2) is 4.59. The number of aromatic nitrogens is 2. The van der Waals surface area contributed by atoms with Crippen LogP contribution >= 0.6 is 0 Å². The van der Waals surface area contributed by atoms with Gasteiger partial charge in [-0.2, -0.15) is 0 Å². The number of nitrogens with zero attached hydrogens (tertiary/aromatic N) is 2. The van der Waals surface area contributed by atoms with Crippen LogP contribution in [0.1, 0.15) is 44.5 Å². The molecule has 2 aromatic heterocycles. The lowest BCUT2D eigenvalue weighted by Crippen LogP contribution is -2.44. The zero-order valence-corrected chi connectivity index (χ0v) is 16.3. The molecule has 5 rings (SSSR count). The highest BCUT2D eigenvalue weighted by Crippen LogP contribution is 2.51. The fraction of sp³-hybridized carbons (Fsp3) is 0.348. The van der Waals surface area contributed by atoms with Crippen molar-refractivity contribution in [2.75, 3.05) is 7.11 Å². The molecular formula is C23H24N2O. The molecule has 3 heterocycles. The summed E-state index contributed by atoms with van der Waals surface area (Å²) in [6, 6.07) is 10.9. The van der Waals surface area contributed by atoms with Gasteiger partial charge < -0.3 is 4.74 Å². The molecule has 1 aliphatic rings. The van der Waals surface area contributed by atoms with E-state index < -0.39 is 0 Å². The van der Waals surface area contributed by atoms with Crippen molar-refractivity contribution in [3.63, 3.8) is 0 Å². The molecule has 0 unspecified atom stereocenters. The summed E-state index contributed by atoms with van der Waals surface area (Å²) >= 11 is 0. The van der Waals surface area contributed by atoms with Crippen LogP contribution < -0.4 is 4.74 Å². The first-order chi connectivity index (χ1) is 12.3. The van der Waals surface area contributed by atoms with Crippen molar-refractivity contribution in [3.05, 3.63) is 53.3 Å². The third kappa shape index (κ3) is 1.58.